The van der Waals surface area contributed by atoms with E-state index < -0.39 is 12.7 Å². The fourth-order valence-electron chi connectivity index (χ4n) is 5.26. The van der Waals surface area contributed by atoms with Gasteiger partial charge in [-0.3, -0.25) is 9.16 Å². The maximum Gasteiger partial charge on any atom is 0.282 e. The second-order valence-electron chi connectivity index (χ2n) is 9.59. The van der Waals surface area contributed by atoms with Crippen molar-refractivity contribution in [2.24, 2.45) is 0 Å². The summed E-state index contributed by atoms with van der Waals surface area (Å²) in [7, 11) is 0. The summed E-state index contributed by atoms with van der Waals surface area (Å²) in [5.74, 6) is 0.491. The van der Waals surface area contributed by atoms with Crippen molar-refractivity contribution in [2.75, 3.05) is 31.7 Å². The average Bonchev–Trinajstić information content (AvgIpc) is 3.49. The molecule has 11 heteroatoms. The van der Waals surface area contributed by atoms with Gasteiger partial charge in [-0.2, -0.15) is 5.10 Å². The highest BCUT2D eigenvalue weighted by atomic mass is 35.5. The third-order valence-corrected chi connectivity index (χ3v) is 7.74. The number of aliphatic hydroxyl groups excluding tert-OH is 1. The zero-order valence-electron chi connectivity index (χ0n) is 18.5. The molecule has 3 aromatic rings. The molecule has 2 saturated heterocycles. The van der Waals surface area contributed by atoms with Gasteiger partial charge in [0.1, 0.15) is 12.3 Å². The Kier molecular flexibility index (Phi) is 5.44. The van der Waals surface area contributed by atoms with Crippen LogP contribution >= 0.6 is 11.6 Å². The van der Waals surface area contributed by atoms with Crippen LogP contribution in [0.15, 0.2) is 24.5 Å². The van der Waals surface area contributed by atoms with Crippen molar-refractivity contribution in [3.05, 3.63) is 40.8 Å². The first kappa shape index (κ1) is 22.1. The van der Waals surface area contributed by atoms with Gasteiger partial charge in [0.2, 0.25) is 12.2 Å². The molecule has 6 rings (SSSR count). The standard InChI is InChI=1S/C23H26ClF2N6O2/c24-17-7-14-9-27-23(30-19-10-28-31(15-1-2-15)21(19)22(25)26)29-18(14)8-16(17)13-3-5-32(6-4-13)12-34-11-20(32)33/h7-10,13,15,20,22,33H,1-6,11-12H2,(H,27,29,30)/q+1. The molecule has 180 valence electrons. The summed E-state index contributed by atoms with van der Waals surface area (Å²) in [5, 5.41) is 18.9. The number of hydrogen-bond acceptors (Lipinski definition) is 6. The minimum Gasteiger partial charge on any atom is -0.343 e. The Labute approximate surface area is 200 Å². The van der Waals surface area contributed by atoms with Crippen LogP contribution in [0.5, 0.6) is 0 Å². The van der Waals surface area contributed by atoms with Crippen molar-refractivity contribution < 1.29 is 23.1 Å². The smallest absolute Gasteiger partial charge is 0.282 e. The van der Waals surface area contributed by atoms with Crippen LogP contribution in [-0.2, 0) is 4.74 Å². The fraction of sp³-hybridized carbons (Fsp3) is 0.522. The van der Waals surface area contributed by atoms with Gasteiger partial charge >= 0.3 is 0 Å². The molecule has 1 saturated carbocycles. The van der Waals surface area contributed by atoms with Crippen molar-refractivity contribution in [3.8, 4) is 0 Å². The van der Waals surface area contributed by atoms with E-state index in [0.29, 0.717) is 28.4 Å². The summed E-state index contributed by atoms with van der Waals surface area (Å²) in [6, 6.07) is 3.88. The molecule has 0 bridgehead atoms. The Morgan fingerprint density at radius 2 is 1.97 bits per heavy atom. The molecular weight excluding hydrogens is 466 g/mol. The van der Waals surface area contributed by atoms with Crippen LogP contribution < -0.4 is 5.32 Å². The number of halogens is 3. The van der Waals surface area contributed by atoms with Gasteiger partial charge in [0.05, 0.1) is 36.5 Å². The number of benzene rings is 1. The summed E-state index contributed by atoms with van der Waals surface area (Å²) >= 11 is 6.64. The van der Waals surface area contributed by atoms with Crippen LogP contribution in [0.4, 0.5) is 20.4 Å². The highest BCUT2D eigenvalue weighted by Gasteiger charge is 2.45. The molecule has 1 atom stereocenters. The lowest BCUT2D eigenvalue weighted by molar-refractivity contribution is -0.969. The summed E-state index contributed by atoms with van der Waals surface area (Å²) in [6.07, 6.45) is 3.46. The number of anilines is 2. The molecule has 2 N–H and O–H groups in total. The zero-order chi connectivity index (χ0) is 23.4. The molecule has 4 heterocycles. The molecular formula is C23H26ClF2N6O2+. The quantitative estimate of drug-likeness (QED) is 0.511. The number of aromatic nitrogens is 4. The Hall–Kier alpha value is -2.40. The lowest BCUT2D eigenvalue weighted by Gasteiger charge is -2.41. The molecule has 1 aliphatic carbocycles. The molecule has 0 amide bonds. The maximum absolute atomic E-state index is 13.7. The molecule has 3 fully saturated rings. The number of nitrogens with zero attached hydrogens (tertiary/aromatic N) is 5. The van der Waals surface area contributed by atoms with Crippen LogP contribution in [-0.4, -0.2) is 62.0 Å². The van der Waals surface area contributed by atoms with E-state index in [1.807, 2.05) is 12.1 Å². The first-order valence-electron chi connectivity index (χ1n) is 11.6. The molecule has 34 heavy (non-hydrogen) atoms. The van der Waals surface area contributed by atoms with E-state index in [0.717, 1.165) is 49.7 Å². The van der Waals surface area contributed by atoms with E-state index in [1.165, 1.54) is 10.9 Å². The highest BCUT2D eigenvalue weighted by molar-refractivity contribution is 6.32. The third-order valence-electron chi connectivity index (χ3n) is 7.41. The summed E-state index contributed by atoms with van der Waals surface area (Å²) < 4.78 is 34.9. The number of ether oxygens (including phenoxy) is 1. The monoisotopic (exact) mass is 491 g/mol. The van der Waals surface area contributed by atoms with Crippen LogP contribution in [0.1, 0.15) is 55.3 Å². The van der Waals surface area contributed by atoms with Crippen molar-refractivity contribution in [1.29, 1.82) is 0 Å². The molecule has 1 aromatic carbocycles. The van der Waals surface area contributed by atoms with E-state index in [-0.39, 0.29) is 29.3 Å². The Balaban J connectivity index is 1.26. The second kappa shape index (κ2) is 8.37. The predicted octanol–water partition coefficient (Wildman–Crippen LogP) is 4.50. The topological polar surface area (TPSA) is 85.1 Å². The summed E-state index contributed by atoms with van der Waals surface area (Å²) in [6.45, 7) is 2.61. The van der Waals surface area contributed by atoms with Crippen molar-refractivity contribution in [2.45, 2.75) is 50.3 Å². The number of alkyl halides is 2. The first-order chi connectivity index (χ1) is 16.4. The number of hydrogen-bond donors (Lipinski definition) is 2. The molecule has 2 aromatic heterocycles. The minimum atomic E-state index is -2.65. The predicted molar refractivity (Wildman–Crippen MR) is 122 cm³/mol. The number of rotatable bonds is 5. The number of aliphatic hydroxyl groups is 1. The number of quaternary nitrogens is 1. The Morgan fingerprint density at radius 1 is 1.18 bits per heavy atom. The van der Waals surface area contributed by atoms with Gasteiger partial charge in [-0.15, -0.1) is 0 Å². The molecule has 0 radical (unpaired) electrons. The second-order valence-corrected chi connectivity index (χ2v) is 10.00. The van der Waals surface area contributed by atoms with E-state index in [2.05, 4.69) is 20.4 Å². The van der Waals surface area contributed by atoms with Crippen molar-refractivity contribution in [1.82, 2.24) is 19.7 Å². The maximum atomic E-state index is 13.7. The Bertz CT molecular complexity index is 1230. The first-order valence-corrected chi connectivity index (χ1v) is 12.0. The lowest BCUT2D eigenvalue weighted by Crippen LogP contribution is -2.56. The fourth-order valence-corrected chi connectivity index (χ4v) is 5.59. The molecule has 3 aliphatic rings. The molecule has 1 unspecified atom stereocenters. The van der Waals surface area contributed by atoms with Gasteiger partial charge in [0.25, 0.3) is 6.43 Å². The molecule has 2 aliphatic heterocycles. The lowest BCUT2D eigenvalue weighted by atomic mass is 9.87. The molecule has 8 nitrogen and oxygen atoms in total. The van der Waals surface area contributed by atoms with Gasteiger partial charge in [0.15, 0.2) is 6.73 Å². The Morgan fingerprint density at radius 3 is 2.65 bits per heavy atom. The van der Waals surface area contributed by atoms with E-state index in [4.69, 9.17) is 16.3 Å². The van der Waals surface area contributed by atoms with Crippen LogP contribution in [0.25, 0.3) is 10.9 Å². The largest absolute Gasteiger partial charge is 0.343 e. The van der Waals surface area contributed by atoms with Crippen LogP contribution in [0.3, 0.4) is 0 Å². The highest BCUT2D eigenvalue weighted by Crippen LogP contribution is 2.41. The van der Waals surface area contributed by atoms with Gasteiger partial charge < -0.3 is 15.2 Å². The number of fused-ring (bicyclic) bond motifs is 1. The van der Waals surface area contributed by atoms with Gasteiger partial charge in [-0.25, -0.2) is 18.7 Å². The van der Waals surface area contributed by atoms with Gasteiger partial charge in [0, 0.05) is 29.4 Å². The van der Waals surface area contributed by atoms with Crippen molar-refractivity contribution >= 4 is 34.1 Å². The summed E-state index contributed by atoms with van der Waals surface area (Å²) in [4.78, 5) is 8.90. The van der Waals surface area contributed by atoms with Crippen LogP contribution in [0.2, 0.25) is 5.02 Å². The third kappa shape index (κ3) is 3.82. The number of nitrogens with one attached hydrogen (secondary N) is 1. The normalized spacial score (nSPS) is 27.2. The molecule has 1 spiro atoms. The summed E-state index contributed by atoms with van der Waals surface area (Å²) in [5.41, 5.74) is 1.81. The van der Waals surface area contributed by atoms with E-state index in [9.17, 15) is 13.9 Å². The van der Waals surface area contributed by atoms with Gasteiger partial charge in [-0.1, -0.05) is 11.6 Å². The SMILES string of the molecule is OC1COC[N+]12CCC(c1cc3nc(Nc4cnn(C5CC5)c4C(F)F)ncc3cc1Cl)CC2. The number of piperidine rings is 1. The van der Waals surface area contributed by atoms with Gasteiger partial charge in [-0.05, 0) is 36.5 Å². The van der Waals surface area contributed by atoms with E-state index >= 15 is 0 Å². The van der Waals surface area contributed by atoms with Crippen LogP contribution in [0, 0.1) is 0 Å². The minimum absolute atomic E-state index is 0.0481. The van der Waals surface area contributed by atoms with E-state index in [1.54, 1.807) is 6.20 Å². The zero-order valence-corrected chi connectivity index (χ0v) is 19.3. The van der Waals surface area contributed by atoms with Crippen molar-refractivity contribution in [3.63, 3.8) is 0 Å². The average molecular weight is 492 g/mol.